The van der Waals surface area contributed by atoms with Gasteiger partial charge in [0.1, 0.15) is 12.2 Å². The average Bonchev–Trinajstić information content (AvgIpc) is 2.64. The lowest BCUT2D eigenvalue weighted by atomic mass is 10.1. The lowest BCUT2D eigenvalue weighted by Crippen LogP contribution is -2.22. The smallest absolute Gasteiger partial charge is 0.355 e. The van der Waals surface area contributed by atoms with E-state index in [0.29, 0.717) is 29.3 Å². The first-order valence-corrected chi connectivity index (χ1v) is 6.15. The molecule has 2 heterocycles. The minimum absolute atomic E-state index is 0.275. The van der Waals surface area contributed by atoms with E-state index in [9.17, 15) is 9.59 Å². The molecule has 0 spiro atoms. The Morgan fingerprint density at radius 2 is 2.26 bits per heavy atom. The Morgan fingerprint density at radius 3 is 3.00 bits per heavy atom. The van der Waals surface area contributed by atoms with Crippen LogP contribution in [0.15, 0.2) is 18.2 Å². The number of carbonyl (C=O) groups excluding carboxylic acids is 1. The Labute approximate surface area is 113 Å². The molecule has 1 aromatic carbocycles. The molecule has 1 aliphatic heterocycles. The van der Waals surface area contributed by atoms with Crippen LogP contribution >= 0.6 is 11.6 Å². The number of hydrogen-bond acceptors (Lipinski definition) is 3. The van der Waals surface area contributed by atoms with Crippen LogP contribution in [-0.2, 0) is 22.5 Å². The zero-order valence-electron chi connectivity index (χ0n) is 9.85. The SMILES string of the molecule is O=C(O)Cn1c2c(c3cc(Cl)ccc31)CCOC2=O. The van der Waals surface area contributed by atoms with Crippen LogP contribution < -0.4 is 0 Å². The Bertz CT molecular complexity index is 704. The van der Waals surface area contributed by atoms with E-state index in [0.717, 1.165) is 10.9 Å². The van der Waals surface area contributed by atoms with Crippen molar-refractivity contribution >= 4 is 34.4 Å². The Hall–Kier alpha value is -2.01. The number of ether oxygens (including phenoxy) is 1. The van der Waals surface area contributed by atoms with Gasteiger partial charge in [0.2, 0.25) is 0 Å². The van der Waals surface area contributed by atoms with Crippen molar-refractivity contribution < 1.29 is 19.4 Å². The van der Waals surface area contributed by atoms with E-state index < -0.39 is 11.9 Å². The molecule has 1 aromatic heterocycles. The van der Waals surface area contributed by atoms with Crippen molar-refractivity contribution in [3.63, 3.8) is 0 Å². The molecule has 0 saturated carbocycles. The zero-order valence-corrected chi connectivity index (χ0v) is 10.6. The van der Waals surface area contributed by atoms with Crippen LogP contribution in [0, 0.1) is 0 Å². The van der Waals surface area contributed by atoms with Gasteiger partial charge in [-0.05, 0) is 23.8 Å². The van der Waals surface area contributed by atoms with Crippen LogP contribution in [0.25, 0.3) is 10.9 Å². The van der Waals surface area contributed by atoms with Crippen molar-refractivity contribution in [3.8, 4) is 0 Å². The Balaban J connectivity index is 2.35. The third kappa shape index (κ3) is 1.86. The number of benzene rings is 1. The molecule has 0 atom stereocenters. The van der Waals surface area contributed by atoms with Gasteiger partial charge in [-0.15, -0.1) is 0 Å². The number of esters is 1. The van der Waals surface area contributed by atoms with Crippen LogP contribution in [0.2, 0.25) is 5.02 Å². The number of rotatable bonds is 2. The maximum atomic E-state index is 11.9. The molecule has 5 nitrogen and oxygen atoms in total. The first-order chi connectivity index (χ1) is 9.08. The van der Waals surface area contributed by atoms with E-state index in [1.807, 2.05) is 0 Å². The largest absolute Gasteiger partial charge is 0.480 e. The molecule has 98 valence electrons. The highest BCUT2D eigenvalue weighted by molar-refractivity contribution is 6.31. The molecule has 0 fully saturated rings. The summed E-state index contributed by atoms with van der Waals surface area (Å²) in [5.74, 6) is -1.48. The summed E-state index contributed by atoms with van der Waals surface area (Å²) in [6, 6.07) is 5.16. The van der Waals surface area contributed by atoms with E-state index in [2.05, 4.69) is 0 Å². The van der Waals surface area contributed by atoms with Crippen LogP contribution in [0.5, 0.6) is 0 Å². The van der Waals surface area contributed by atoms with Gasteiger partial charge in [0.25, 0.3) is 0 Å². The first kappa shape index (κ1) is 12.0. The molecule has 1 aliphatic rings. The monoisotopic (exact) mass is 279 g/mol. The third-order valence-electron chi connectivity index (χ3n) is 3.20. The highest BCUT2D eigenvalue weighted by Gasteiger charge is 2.28. The number of aliphatic carboxylic acids is 1. The summed E-state index contributed by atoms with van der Waals surface area (Å²) in [5.41, 5.74) is 1.83. The quantitative estimate of drug-likeness (QED) is 0.855. The summed E-state index contributed by atoms with van der Waals surface area (Å²) in [7, 11) is 0. The molecule has 19 heavy (non-hydrogen) atoms. The molecule has 0 radical (unpaired) electrons. The zero-order chi connectivity index (χ0) is 13.6. The fourth-order valence-electron chi connectivity index (χ4n) is 2.50. The minimum Gasteiger partial charge on any atom is -0.480 e. The molecule has 1 N–H and O–H groups in total. The molecule has 0 aliphatic carbocycles. The summed E-state index contributed by atoms with van der Waals surface area (Å²) >= 11 is 5.97. The van der Waals surface area contributed by atoms with E-state index in [-0.39, 0.29) is 6.54 Å². The molecule has 0 amide bonds. The van der Waals surface area contributed by atoms with Gasteiger partial charge in [-0.1, -0.05) is 11.6 Å². The number of aromatic nitrogens is 1. The second kappa shape index (κ2) is 4.28. The number of nitrogens with zero attached hydrogens (tertiary/aromatic N) is 1. The highest BCUT2D eigenvalue weighted by atomic mass is 35.5. The van der Waals surface area contributed by atoms with Gasteiger partial charge >= 0.3 is 11.9 Å². The second-order valence-electron chi connectivity index (χ2n) is 4.35. The third-order valence-corrected chi connectivity index (χ3v) is 3.44. The fourth-order valence-corrected chi connectivity index (χ4v) is 2.67. The molecule has 2 aromatic rings. The van der Waals surface area contributed by atoms with E-state index in [1.54, 1.807) is 18.2 Å². The predicted molar refractivity (Wildman–Crippen MR) is 68.6 cm³/mol. The van der Waals surface area contributed by atoms with E-state index >= 15 is 0 Å². The topological polar surface area (TPSA) is 68.5 Å². The predicted octanol–water partition coefficient (Wildman–Crippen LogP) is 2.09. The summed E-state index contributed by atoms with van der Waals surface area (Å²) in [6.45, 7) is 0.0348. The highest BCUT2D eigenvalue weighted by Crippen LogP contribution is 2.31. The van der Waals surface area contributed by atoms with E-state index in [1.165, 1.54) is 4.57 Å². The maximum Gasteiger partial charge on any atom is 0.355 e. The van der Waals surface area contributed by atoms with Crippen molar-refractivity contribution in [2.24, 2.45) is 0 Å². The number of carbonyl (C=O) groups is 2. The molecule has 0 saturated heterocycles. The van der Waals surface area contributed by atoms with Crippen molar-refractivity contribution in [1.82, 2.24) is 4.57 Å². The number of halogens is 1. The van der Waals surface area contributed by atoms with Gasteiger partial charge in [0.05, 0.1) is 6.61 Å². The summed E-state index contributed by atoms with van der Waals surface area (Å²) in [6.07, 6.45) is 0.574. The van der Waals surface area contributed by atoms with Crippen LogP contribution in [0.4, 0.5) is 0 Å². The van der Waals surface area contributed by atoms with Gasteiger partial charge in [-0.25, -0.2) is 4.79 Å². The van der Waals surface area contributed by atoms with E-state index in [4.69, 9.17) is 21.4 Å². The van der Waals surface area contributed by atoms with Crippen molar-refractivity contribution in [1.29, 1.82) is 0 Å². The van der Waals surface area contributed by atoms with Gasteiger partial charge in [-0.2, -0.15) is 0 Å². The number of carboxylic acid groups (broad SMARTS) is 1. The van der Waals surface area contributed by atoms with Gasteiger partial charge in [0.15, 0.2) is 0 Å². The van der Waals surface area contributed by atoms with Crippen molar-refractivity contribution in [2.45, 2.75) is 13.0 Å². The van der Waals surface area contributed by atoms with Crippen LogP contribution in [-0.4, -0.2) is 28.2 Å². The Morgan fingerprint density at radius 1 is 1.47 bits per heavy atom. The van der Waals surface area contributed by atoms with Gasteiger partial charge < -0.3 is 14.4 Å². The van der Waals surface area contributed by atoms with Gasteiger partial charge in [0, 0.05) is 22.3 Å². The molecular weight excluding hydrogens is 270 g/mol. The minimum atomic E-state index is -1.01. The number of cyclic esters (lactones) is 1. The molecule has 0 unspecified atom stereocenters. The number of fused-ring (bicyclic) bond motifs is 3. The van der Waals surface area contributed by atoms with Crippen LogP contribution in [0.1, 0.15) is 16.1 Å². The normalized spacial score (nSPS) is 14.3. The van der Waals surface area contributed by atoms with Crippen LogP contribution in [0.3, 0.4) is 0 Å². The summed E-state index contributed by atoms with van der Waals surface area (Å²) in [4.78, 5) is 22.8. The molecule has 3 rings (SSSR count). The van der Waals surface area contributed by atoms with Crippen molar-refractivity contribution in [3.05, 3.63) is 34.5 Å². The van der Waals surface area contributed by atoms with Gasteiger partial charge in [-0.3, -0.25) is 4.79 Å². The number of hydrogen-bond donors (Lipinski definition) is 1. The molecular formula is C13H10ClNO4. The second-order valence-corrected chi connectivity index (χ2v) is 4.79. The maximum absolute atomic E-state index is 11.9. The Kier molecular flexibility index (Phi) is 2.71. The summed E-state index contributed by atoms with van der Waals surface area (Å²) in [5, 5.41) is 10.4. The standard InChI is InChI=1S/C13H10ClNO4/c14-7-1-2-10-9(5-7)8-3-4-19-13(18)12(8)15(10)6-11(16)17/h1-2,5H,3-4,6H2,(H,16,17). The lowest BCUT2D eigenvalue weighted by Gasteiger charge is -2.14. The average molecular weight is 280 g/mol. The lowest BCUT2D eigenvalue weighted by molar-refractivity contribution is -0.137. The molecule has 0 bridgehead atoms. The van der Waals surface area contributed by atoms with Crippen molar-refractivity contribution in [2.75, 3.05) is 6.61 Å². The molecule has 6 heteroatoms. The fraction of sp³-hybridized carbons (Fsp3) is 0.231. The first-order valence-electron chi connectivity index (χ1n) is 5.77. The summed E-state index contributed by atoms with van der Waals surface area (Å²) < 4.78 is 6.48. The number of carboxylic acids is 1.